The number of nitrogens with zero attached hydrogens (tertiary/aromatic N) is 1. The number of aromatic nitrogens is 1. The molecule has 2 aromatic carbocycles. The summed E-state index contributed by atoms with van der Waals surface area (Å²) in [6.07, 6.45) is 4.97. The van der Waals surface area contributed by atoms with Gasteiger partial charge in [-0.2, -0.15) is 0 Å². The Morgan fingerprint density at radius 1 is 0.893 bits per heavy atom. The van der Waals surface area contributed by atoms with Crippen LogP contribution in [0.2, 0.25) is 0 Å². The van der Waals surface area contributed by atoms with Crippen LogP contribution in [-0.2, 0) is 15.3 Å². The fraction of sp³-hybridized carbons (Fsp3) is 0.375. The molecule has 2 fully saturated rings. The van der Waals surface area contributed by atoms with Crippen molar-refractivity contribution in [2.24, 2.45) is 5.92 Å². The molecule has 2 aliphatic rings. The zero-order valence-electron chi connectivity index (χ0n) is 16.1. The number of ether oxygens (including phenoxy) is 2. The van der Waals surface area contributed by atoms with E-state index in [1.54, 1.807) is 0 Å². The van der Waals surface area contributed by atoms with Crippen LogP contribution < -0.4 is 5.32 Å². The molecule has 28 heavy (non-hydrogen) atoms. The van der Waals surface area contributed by atoms with Gasteiger partial charge in [-0.15, -0.1) is 0 Å². The second-order valence-electron chi connectivity index (χ2n) is 7.73. The van der Waals surface area contributed by atoms with E-state index in [9.17, 15) is 0 Å². The topological polar surface area (TPSA) is 43.4 Å². The molecule has 0 atom stereocenters. The zero-order valence-corrected chi connectivity index (χ0v) is 16.1. The summed E-state index contributed by atoms with van der Waals surface area (Å²) in [5.41, 5.74) is 4.53. The fourth-order valence-corrected chi connectivity index (χ4v) is 4.53. The van der Waals surface area contributed by atoms with Crippen molar-refractivity contribution >= 4 is 10.9 Å². The predicted molar refractivity (Wildman–Crippen MR) is 111 cm³/mol. The first-order chi connectivity index (χ1) is 13.9. The van der Waals surface area contributed by atoms with E-state index in [2.05, 4.69) is 58.8 Å². The normalized spacial score (nSPS) is 20.3. The van der Waals surface area contributed by atoms with Crippen LogP contribution in [0.15, 0.2) is 60.8 Å². The first-order valence-corrected chi connectivity index (χ1v) is 10.3. The Morgan fingerprint density at radius 2 is 1.64 bits per heavy atom. The minimum absolute atomic E-state index is 0.393. The molecule has 0 spiro atoms. The first kappa shape index (κ1) is 17.8. The van der Waals surface area contributed by atoms with Gasteiger partial charge in [0.25, 0.3) is 0 Å². The standard InChI is InChI=1S/C24H26N2O2/c1-3-19-4-5-20(17-23(19)26-12-1)18-6-8-21(9-7-18)24(27-15-2-16-28-24)22-10-13-25-14-11-22/h1,3-9,12,17,22,25H,2,10-11,13-16H2. The Hall–Kier alpha value is -2.27. The van der Waals surface area contributed by atoms with Crippen molar-refractivity contribution in [2.75, 3.05) is 26.3 Å². The molecule has 0 bridgehead atoms. The summed E-state index contributed by atoms with van der Waals surface area (Å²) in [5.74, 6) is -0.200. The minimum Gasteiger partial charge on any atom is -0.346 e. The van der Waals surface area contributed by atoms with Crippen LogP contribution >= 0.6 is 0 Å². The van der Waals surface area contributed by atoms with Crippen LogP contribution in [0.5, 0.6) is 0 Å². The van der Waals surface area contributed by atoms with Crippen molar-refractivity contribution in [1.29, 1.82) is 0 Å². The van der Waals surface area contributed by atoms with E-state index in [1.807, 2.05) is 12.3 Å². The summed E-state index contributed by atoms with van der Waals surface area (Å²) in [4.78, 5) is 4.48. The van der Waals surface area contributed by atoms with Gasteiger partial charge in [0.05, 0.1) is 18.7 Å². The lowest BCUT2D eigenvalue weighted by molar-refractivity contribution is -0.307. The number of benzene rings is 2. The van der Waals surface area contributed by atoms with Crippen molar-refractivity contribution < 1.29 is 9.47 Å². The lowest BCUT2D eigenvalue weighted by Gasteiger charge is -2.44. The van der Waals surface area contributed by atoms with E-state index in [-0.39, 0.29) is 0 Å². The number of piperidine rings is 1. The number of fused-ring (bicyclic) bond motifs is 1. The molecule has 0 aliphatic carbocycles. The maximum absolute atomic E-state index is 6.33. The van der Waals surface area contributed by atoms with Crippen molar-refractivity contribution in [1.82, 2.24) is 10.3 Å². The lowest BCUT2D eigenvalue weighted by Crippen LogP contribution is -2.48. The number of hydrogen-bond acceptors (Lipinski definition) is 4. The second kappa shape index (κ2) is 7.63. The molecular formula is C24H26N2O2. The van der Waals surface area contributed by atoms with Crippen LogP contribution in [0.25, 0.3) is 22.0 Å². The van der Waals surface area contributed by atoms with Crippen molar-refractivity contribution in [2.45, 2.75) is 25.0 Å². The van der Waals surface area contributed by atoms with Crippen LogP contribution in [0.3, 0.4) is 0 Å². The molecule has 2 saturated heterocycles. The zero-order chi connectivity index (χ0) is 18.8. The van der Waals surface area contributed by atoms with Crippen molar-refractivity contribution in [3.05, 3.63) is 66.4 Å². The Kier molecular flexibility index (Phi) is 4.85. The van der Waals surface area contributed by atoms with Gasteiger partial charge in [-0.3, -0.25) is 4.98 Å². The van der Waals surface area contributed by atoms with E-state index in [0.717, 1.165) is 62.0 Å². The molecule has 0 amide bonds. The van der Waals surface area contributed by atoms with Crippen molar-refractivity contribution in [3.8, 4) is 11.1 Å². The average molecular weight is 374 g/mol. The van der Waals surface area contributed by atoms with Crippen LogP contribution in [0, 0.1) is 5.92 Å². The molecule has 0 saturated carbocycles. The highest BCUT2D eigenvalue weighted by Crippen LogP contribution is 2.42. The van der Waals surface area contributed by atoms with Crippen molar-refractivity contribution in [3.63, 3.8) is 0 Å². The second-order valence-corrected chi connectivity index (χ2v) is 7.73. The Bertz CT molecular complexity index is 942. The maximum atomic E-state index is 6.33. The molecule has 0 unspecified atom stereocenters. The molecule has 2 aliphatic heterocycles. The predicted octanol–water partition coefficient (Wildman–Crippen LogP) is 4.49. The number of pyridine rings is 1. The molecule has 1 N–H and O–H groups in total. The van der Waals surface area contributed by atoms with Gasteiger partial charge in [0.15, 0.2) is 5.79 Å². The summed E-state index contributed by atoms with van der Waals surface area (Å²) in [6, 6.07) is 19.3. The number of nitrogens with one attached hydrogen (secondary N) is 1. The van der Waals surface area contributed by atoms with Crippen LogP contribution in [0.1, 0.15) is 24.8 Å². The summed E-state index contributed by atoms with van der Waals surface area (Å²) in [7, 11) is 0. The summed E-state index contributed by atoms with van der Waals surface area (Å²) in [6.45, 7) is 3.59. The molecule has 5 rings (SSSR count). The fourth-order valence-electron chi connectivity index (χ4n) is 4.53. The molecule has 4 heteroatoms. The molecule has 1 aromatic heterocycles. The van der Waals surface area contributed by atoms with Gasteiger partial charge in [-0.05, 0) is 55.6 Å². The Morgan fingerprint density at radius 3 is 2.43 bits per heavy atom. The minimum atomic E-state index is -0.593. The van der Waals surface area contributed by atoms with Gasteiger partial charge < -0.3 is 14.8 Å². The van der Waals surface area contributed by atoms with E-state index in [0.29, 0.717) is 5.92 Å². The molecular weight excluding hydrogens is 348 g/mol. The third-order valence-electron chi connectivity index (χ3n) is 6.02. The SMILES string of the molecule is c1cnc2cc(-c3ccc(C4(C5CCNCC5)OCCCO4)cc3)ccc2c1. The maximum Gasteiger partial charge on any atom is 0.197 e. The van der Waals surface area contributed by atoms with Crippen LogP contribution in [-0.4, -0.2) is 31.3 Å². The quantitative estimate of drug-likeness (QED) is 0.733. The third kappa shape index (κ3) is 3.22. The highest BCUT2D eigenvalue weighted by Gasteiger charge is 2.44. The number of rotatable bonds is 3. The molecule has 3 heterocycles. The lowest BCUT2D eigenvalue weighted by atomic mass is 9.83. The van der Waals surface area contributed by atoms with E-state index in [1.165, 1.54) is 11.1 Å². The average Bonchev–Trinajstić information content (AvgIpc) is 2.80. The van der Waals surface area contributed by atoms with Gasteiger partial charge in [0.2, 0.25) is 0 Å². The monoisotopic (exact) mass is 374 g/mol. The van der Waals surface area contributed by atoms with Crippen LogP contribution in [0.4, 0.5) is 0 Å². The highest BCUT2D eigenvalue weighted by atomic mass is 16.7. The summed E-state index contributed by atoms with van der Waals surface area (Å²) >= 11 is 0. The molecule has 144 valence electrons. The van der Waals surface area contributed by atoms with Gasteiger partial charge >= 0.3 is 0 Å². The third-order valence-corrected chi connectivity index (χ3v) is 6.02. The smallest absolute Gasteiger partial charge is 0.197 e. The molecule has 0 radical (unpaired) electrons. The van der Waals surface area contributed by atoms with E-state index in [4.69, 9.17) is 9.47 Å². The summed E-state index contributed by atoms with van der Waals surface area (Å²) in [5, 5.41) is 4.61. The molecule has 3 aromatic rings. The molecule has 4 nitrogen and oxygen atoms in total. The van der Waals surface area contributed by atoms with Gasteiger partial charge in [0.1, 0.15) is 0 Å². The highest BCUT2D eigenvalue weighted by molar-refractivity contribution is 5.84. The largest absolute Gasteiger partial charge is 0.346 e. The number of hydrogen-bond donors (Lipinski definition) is 1. The Balaban J connectivity index is 1.48. The first-order valence-electron chi connectivity index (χ1n) is 10.3. The van der Waals surface area contributed by atoms with Gasteiger partial charge in [-0.1, -0.05) is 42.5 Å². The van der Waals surface area contributed by atoms with E-state index >= 15 is 0 Å². The summed E-state index contributed by atoms with van der Waals surface area (Å²) < 4.78 is 12.7. The Labute approximate surface area is 165 Å². The van der Waals surface area contributed by atoms with Gasteiger partial charge in [-0.25, -0.2) is 0 Å². The van der Waals surface area contributed by atoms with E-state index < -0.39 is 5.79 Å². The van der Waals surface area contributed by atoms with Gasteiger partial charge in [0, 0.05) is 23.1 Å².